The summed E-state index contributed by atoms with van der Waals surface area (Å²) in [7, 11) is 0. The molecule has 0 spiro atoms. The fourth-order valence-corrected chi connectivity index (χ4v) is 1.60. The Hall–Kier alpha value is -2.25. The van der Waals surface area contributed by atoms with Crippen LogP contribution in [0.25, 0.3) is 0 Å². The molecule has 0 bridgehead atoms. The van der Waals surface area contributed by atoms with Gasteiger partial charge in [-0.25, -0.2) is 0 Å². The number of halogens is 3. The molecule has 1 aromatic carbocycles. The number of primary amides is 1. The average Bonchev–Trinajstić information content (AvgIpc) is 2.26. The average molecular weight is 289 g/mol. The molecule has 20 heavy (non-hydrogen) atoms. The molecule has 0 saturated heterocycles. The molecule has 5 N–H and O–H groups in total. The third-order valence-electron chi connectivity index (χ3n) is 2.51. The molecule has 1 unspecified atom stereocenters. The van der Waals surface area contributed by atoms with Crippen molar-refractivity contribution in [2.75, 3.05) is 5.73 Å². The fourth-order valence-electron chi connectivity index (χ4n) is 1.60. The minimum absolute atomic E-state index is 0.104. The predicted molar refractivity (Wildman–Crippen MR) is 66.6 cm³/mol. The van der Waals surface area contributed by atoms with E-state index in [4.69, 9.17) is 11.5 Å². The Balaban J connectivity index is 2.92. The second-order valence-corrected chi connectivity index (χ2v) is 4.34. The number of anilines is 1. The normalized spacial score (nSPS) is 12.8. The number of carbonyl (C=O) groups excluding carboxylic acids is 2. The van der Waals surface area contributed by atoms with E-state index >= 15 is 0 Å². The van der Waals surface area contributed by atoms with Gasteiger partial charge in [0.15, 0.2) is 0 Å². The summed E-state index contributed by atoms with van der Waals surface area (Å²) in [6, 6.07) is 2.28. The summed E-state index contributed by atoms with van der Waals surface area (Å²) in [5.41, 5.74) is 8.46. The molecule has 0 aliphatic rings. The predicted octanol–water partition coefficient (Wildman–Crippen LogP) is 1.28. The molecule has 1 aromatic rings. The molecule has 2 amide bonds. The van der Waals surface area contributed by atoms with Gasteiger partial charge in [-0.05, 0) is 25.1 Å². The van der Waals surface area contributed by atoms with Crippen LogP contribution < -0.4 is 16.8 Å². The van der Waals surface area contributed by atoms with E-state index in [1.165, 1.54) is 13.0 Å². The van der Waals surface area contributed by atoms with Gasteiger partial charge < -0.3 is 16.8 Å². The largest absolute Gasteiger partial charge is 0.418 e. The van der Waals surface area contributed by atoms with Crippen molar-refractivity contribution < 1.29 is 22.8 Å². The highest BCUT2D eigenvalue weighted by atomic mass is 19.4. The van der Waals surface area contributed by atoms with E-state index in [0.29, 0.717) is 6.07 Å². The van der Waals surface area contributed by atoms with E-state index in [9.17, 15) is 22.8 Å². The van der Waals surface area contributed by atoms with Gasteiger partial charge in [-0.2, -0.15) is 13.2 Å². The Morgan fingerprint density at radius 3 is 2.45 bits per heavy atom. The molecule has 0 radical (unpaired) electrons. The zero-order valence-electron chi connectivity index (χ0n) is 10.6. The Kier molecular flexibility index (Phi) is 4.59. The molecule has 0 aliphatic carbocycles. The van der Waals surface area contributed by atoms with Gasteiger partial charge in [0.05, 0.1) is 5.56 Å². The molecule has 1 rings (SSSR count). The van der Waals surface area contributed by atoms with Gasteiger partial charge >= 0.3 is 6.18 Å². The highest BCUT2D eigenvalue weighted by Crippen LogP contribution is 2.33. The summed E-state index contributed by atoms with van der Waals surface area (Å²) in [6.45, 7) is 1.52. The summed E-state index contributed by atoms with van der Waals surface area (Å²) >= 11 is 0. The molecule has 0 heterocycles. The summed E-state index contributed by atoms with van der Waals surface area (Å²) in [5.74, 6) is -1.35. The Labute approximate surface area is 113 Å². The Morgan fingerprint density at radius 1 is 1.35 bits per heavy atom. The number of hydrogen-bond donors (Lipinski definition) is 3. The van der Waals surface area contributed by atoms with Gasteiger partial charge in [0.25, 0.3) is 5.91 Å². The van der Waals surface area contributed by atoms with E-state index in [0.717, 1.165) is 6.07 Å². The first-order chi connectivity index (χ1) is 9.11. The SMILES string of the molecule is CC(CC(N)=O)NC(=O)c1ccc(N)c(C(F)(F)F)c1. The number of benzene rings is 1. The van der Waals surface area contributed by atoms with E-state index < -0.39 is 35.3 Å². The number of rotatable bonds is 4. The van der Waals surface area contributed by atoms with Gasteiger partial charge in [0.2, 0.25) is 5.91 Å². The number of hydrogen-bond acceptors (Lipinski definition) is 3. The van der Waals surface area contributed by atoms with Crippen molar-refractivity contribution in [3.63, 3.8) is 0 Å². The van der Waals surface area contributed by atoms with Crippen molar-refractivity contribution in [3.05, 3.63) is 29.3 Å². The molecule has 5 nitrogen and oxygen atoms in total. The monoisotopic (exact) mass is 289 g/mol. The molecule has 8 heteroatoms. The lowest BCUT2D eigenvalue weighted by Gasteiger charge is -2.14. The van der Waals surface area contributed by atoms with Crippen molar-refractivity contribution in [1.29, 1.82) is 0 Å². The summed E-state index contributed by atoms with van der Waals surface area (Å²) in [6.07, 6.45) is -4.74. The molecule has 0 aliphatic heterocycles. The van der Waals surface area contributed by atoms with Crippen LogP contribution in [0.2, 0.25) is 0 Å². The summed E-state index contributed by atoms with van der Waals surface area (Å²) in [5, 5.41) is 2.38. The summed E-state index contributed by atoms with van der Waals surface area (Å²) in [4.78, 5) is 22.4. The van der Waals surface area contributed by atoms with Crippen molar-refractivity contribution in [2.24, 2.45) is 5.73 Å². The Bertz CT molecular complexity index is 529. The molecule has 0 fully saturated rings. The first-order valence-corrected chi connectivity index (χ1v) is 5.67. The van der Waals surface area contributed by atoms with E-state index in [-0.39, 0.29) is 12.0 Å². The van der Waals surface area contributed by atoms with Crippen LogP contribution in [-0.4, -0.2) is 17.9 Å². The number of nitrogens with one attached hydrogen (secondary N) is 1. The van der Waals surface area contributed by atoms with Crippen LogP contribution in [0.3, 0.4) is 0 Å². The molecule has 0 aromatic heterocycles. The van der Waals surface area contributed by atoms with Crippen LogP contribution in [0.15, 0.2) is 18.2 Å². The minimum Gasteiger partial charge on any atom is -0.398 e. The highest BCUT2D eigenvalue weighted by Gasteiger charge is 2.33. The van der Waals surface area contributed by atoms with E-state index in [2.05, 4.69) is 5.32 Å². The van der Waals surface area contributed by atoms with Crippen LogP contribution in [0, 0.1) is 0 Å². The van der Waals surface area contributed by atoms with E-state index in [1.807, 2.05) is 0 Å². The zero-order chi connectivity index (χ0) is 15.5. The van der Waals surface area contributed by atoms with Crippen LogP contribution in [0.5, 0.6) is 0 Å². The maximum absolute atomic E-state index is 12.7. The lowest BCUT2D eigenvalue weighted by atomic mass is 10.1. The topological polar surface area (TPSA) is 98.2 Å². The third kappa shape index (κ3) is 4.15. The zero-order valence-corrected chi connectivity index (χ0v) is 10.6. The number of nitrogen functional groups attached to an aromatic ring is 1. The van der Waals surface area contributed by atoms with Crippen LogP contribution in [0.1, 0.15) is 29.3 Å². The Morgan fingerprint density at radius 2 is 1.95 bits per heavy atom. The van der Waals surface area contributed by atoms with Crippen LogP contribution in [-0.2, 0) is 11.0 Å². The van der Waals surface area contributed by atoms with Gasteiger partial charge in [-0.3, -0.25) is 9.59 Å². The third-order valence-corrected chi connectivity index (χ3v) is 2.51. The minimum atomic E-state index is -4.64. The van der Waals surface area contributed by atoms with Crippen LogP contribution >= 0.6 is 0 Å². The second-order valence-electron chi connectivity index (χ2n) is 4.34. The van der Waals surface area contributed by atoms with Gasteiger partial charge in [-0.15, -0.1) is 0 Å². The molecular formula is C12H14F3N3O2. The highest BCUT2D eigenvalue weighted by molar-refractivity contribution is 5.95. The van der Waals surface area contributed by atoms with Gasteiger partial charge in [0.1, 0.15) is 0 Å². The maximum Gasteiger partial charge on any atom is 0.418 e. The molecule has 1 atom stereocenters. The van der Waals surface area contributed by atoms with Gasteiger partial charge in [-0.1, -0.05) is 0 Å². The van der Waals surface area contributed by atoms with Crippen molar-refractivity contribution >= 4 is 17.5 Å². The lowest BCUT2D eigenvalue weighted by molar-refractivity contribution is -0.136. The van der Waals surface area contributed by atoms with E-state index in [1.54, 1.807) is 0 Å². The quantitative estimate of drug-likeness (QED) is 0.728. The van der Waals surface area contributed by atoms with Crippen molar-refractivity contribution in [3.8, 4) is 0 Å². The summed E-state index contributed by atoms with van der Waals surface area (Å²) < 4.78 is 38.0. The smallest absolute Gasteiger partial charge is 0.398 e. The standard InChI is InChI=1S/C12H14F3N3O2/c1-6(4-10(17)19)18-11(20)7-2-3-9(16)8(5-7)12(13,14)15/h2-3,5-6H,4,16H2,1H3,(H2,17,19)(H,18,20). The van der Waals surface area contributed by atoms with Gasteiger partial charge in [0, 0.05) is 23.7 Å². The number of amides is 2. The first-order valence-electron chi connectivity index (χ1n) is 5.67. The fraction of sp³-hybridized carbons (Fsp3) is 0.333. The number of nitrogens with two attached hydrogens (primary N) is 2. The van der Waals surface area contributed by atoms with Crippen molar-refractivity contribution in [2.45, 2.75) is 25.6 Å². The number of alkyl halides is 3. The molecule has 110 valence electrons. The second kappa shape index (κ2) is 5.81. The maximum atomic E-state index is 12.7. The van der Waals surface area contributed by atoms with Crippen molar-refractivity contribution in [1.82, 2.24) is 5.32 Å². The number of carbonyl (C=O) groups is 2. The molecular weight excluding hydrogens is 275 g/mol. The lowest BCUT2D eigenvalue weighted by Crippen LogP contribution is -2.35. The van der Waals surface area contributed by atoms with Crippen LogP contribution in [0.4, 0.5) is 18.9 Å². The first kappa shape index (κ1) is 15.8. The molecule has 0 saturated carbocycles.